The van der Waals surface area contributed by atoms with Gasteiger partial charge in [-0.3, -0.25) is 0 Å². The van der Waals surface area contributed by atoms with Crippen molar-refractivity contribution in [1.29, 1.82) is 0 Å². The number of hydrogen-bond donors (Lipinski definition) is 4. The second-order valence-electron chi connectivity index (χ2n) is 1.87. The van der Waals surface area contributed by atoms with Crippen molar-refractivity contribution in [2.45, 2.75) is 18.3 Å². The highest BCUT2D eigenvalue weighted by Crippen LogP contribution is 1.96. The molecule has 0 aliphatic rings. The fraction of sp³-hybridized carbons (Fsp3) is 0.800. The van der Waals surface area contributed by atoms with E-state index in [-0.39, 0.29) is 6.29 Å². The van der Waals surface area contributed by atoms with E-state index in [1.165, 1.54) is 0 Å². The Morgan fingerprint density at radius 2 is 1.80 bits per heavy atom. The van der Waals surface area contributed by atoms with Gasteiger partial charge in [0.1, 0.15) is 18.3 Å². The second-order valence-corrected chi connectivity index (χ2v) is 1.87. The third-order valence-corrected chi connectivity index (χ3v) is 1.07. The van der Waals surface area contributed by atoms with E-state index in [1.54, 1.807) is 0 Å². The summed E-state index contributed by atoms with van der Waals surface area (Å²) in [5.74, 6) is 0. The van der Waals surface area contributed by atoms with Crippen LogP contribution in [-0.4, -0.2) is 51.6 Å². The van der Waals surface area contributed by atoms with Crippen molar-refractivity contribution in [2.24, 2.45) is 0 Å². The molecule has 0 aliphatic carbocycles. The average Bonchev–Trinajstić information content (AvgIpc) is 2.00. The van der Waals surface area contributed by atoms with Gasteiger partial charge < -0.3 is 25.2 Å². The summed E-state index contributed by atoms with van der Waals surface area (Å²) < 4.78 is 0. The minimum absolute atomic E-state index is 0.0869. The Labute approximate surface area is 57.5 Å². The molecule has 4 N–H and O–H groups in total. The molecule has 60 valence electrons. The van der Waals surface area contributed by atoms with Crippen LogP contribution in [0, 0.1) is 0 Å². The van der Waals surface area contributed by atoms with Crippen molar-refractivity contribution in [2.75, 3.05) is 6.61 Å². The van der Waals surface area contributed by atoms with Gasteiger partial charge in [-0.1, -0.05) is 0 Å². The lowest BCUT2D eigenvalue weighted by Crippen LogP contribution is -2.40. The van der Waals surface area contributed by atoms with Gasteiger partial charge in [-0.05, 0) is 0 Å². The molecule has 0 aromatic rings. The van der Waals surface area contributed by atoms with Crippen LogP contribution in [0.2, 0.25) is 0 Å². The van der Waals surface area contributed by atoms with E-state index in [9.17, 15) is 4.79 Å². The molecule has 3 atom stereocenters. The molecule has 0 saturated carbocycles. The summed E-state index contributed by atoms with van der Waals surface area (Å²) in [4.78, 5) is 9.76. The molecule has 0 aliphatic heterocycles. The van der Waals surface area contributed by atoms with Crippen molar-refractivity contribution < 1.29 is 25.2 Å². The Morgan fingerprint density at radius 3 is 2.10 bits per heavy atom. The van der Waals surface area contributed by atoms with Crippen LogP contribution in [-0.2, 0) is 4.79 Å². The lowest BCUT2D eigenvalue weighted by atomic mass is 10.4. The molecular weight excluding hydrogens is 142 g/mol. The second kappa shape index (κ2) is 4.35. The van der Waals surface area contributed by atoms with Crippen LogP contribution in [0.15, 0.2) is 0 Å². The van der Waals surface area contributed by atoms with Gasteiger partial charge in [-0.25, -0.2) is 0 Å². The minimum atomic E-state index is -1.64. The first-order valence-corrected chi connectivity index (χ1v) is 2.73. The van der Waals surface area contributed by atoms with Crippen molar-refractivity contribution in [3.8, 4) is 0 Å². The Balaban J connectivity index is 3.80. The Kier molecular flexibility index (Phi) is 4.13. The highest BCUT2D eigenvalue weighted by molar-refractivity contribution is 5.56. The molecule has 0 radical (unpaired) electrons. The standard InChI is InChI=1S/C5H10O5/c6-1-3(8)5(10)4(9)2-7/h1,3-5,7-10H,2H2/t3-,4-,5+/m1/s1/i2+1,3+1. The lowest BCUT2D eigenvalue weighted by Gasteiger charge is -2.16. The van der Waals surface area contributed by atoms with Gasteiger partial charge in [0.25, 0.3) is 0 Å². The fourth-order valence-electron chi connectivity index (χ4n) is 0.416. The van der Waals surface area contributed by atoms with E-state index in [1.807, 2.05) is 0 Å². The number of aliphatic hydroxyl groups excluding tert-OH is 4. The van der Waals surface area contributed by atoms with Crippen molar-refractivity contribution in [3.05, 3.63) is 0 Å². The highest BCUT2D eigenvalue weighted by atomic mass is 16.4. The van der Waals surface area contributed by atoms with Crippen molar-refractivity contribution >= 4 is 6.29 Å². The van der Waals surface area contributed by atoms with Gasteiger partial charge in [0.05, 0.1) is 6.61 Å². The van der Waals surface area contributed by atoms with E-state index in [0.29, 0.717) is 0 Å². The zero-order valence-corrected chi connectivity index (χ0v) is 5.21. The van der Waals surface area contributed by atoms with Crippen LogP contribution in [0.5, 0.6) is 0 Å². The highest BCUT2D eigenvalue weighted by Gasteiger charge is 2.22. The number of rotatable bonds is 4. The normalized spacial score (nSPS) is 19.6. The van der Waals surface area contributed by atoms with Crippen LogP contribution < -0.4 is 0 Å². The zero-order chi connectivity index (χ0) is 8.15. The topological polar surface area (TPSA) is 98.0 Å². The number of hydrogen-bond acceptors (Lipinski definition) is 5. The predicted octanol–water partition coefficient (Wildman–Crippen LogP) is -2.74. The molecule has 5 nitrogen and oxygen atoms in total. The molecule has 0 unspecified atom stereocenters. The summed E-state index contributed by atoms with van der Waals surface area (Å²) in [5, 5.41) is 34.1. The quantitative estimate of drug-likeness (QED) is 0.259. The van der Waals surface area contributed by atoms with Gasteiger partial charge in [0.15, 0.2) is 6.29 Å². The average molecular weight is 152 g/mol. The van der Waals surface area contributed by atoms with Gasteiger partial charge in [0, 0.05) is 0 Å². The molecule has 5 heteroatoms. The molecule has 10 heavy (non-hydrogen) atoms. The minimum Gasteiger partial charge on any atom is -0.394 e. The summed E-state index contributed by atoms with van der Waals surface area (Å²) in [6.07, 6.45) is -4.63. The largest absolute Gasteiger partial charge is 0.394 e. The summed E-state index contributed by atoms with van der Waals surface area (Å²) in [5.41, 5.74) is 0. The first-order chi connectivity index (χ1) is 4.63. The number of carbonyl (C=O) groups is 1. The molecule has 0 bridgehead atoms. The summed E-state index contributed by atoms with van der Waals surface area (Å²) in [7, 11) is 0. The van der Waals surface area contributed by atoms with Crippen LogP contribution in [0.25, 0.3) is 0 Å². The smallest absolute Gasteiger partial charge is 0.151 e. The molecule has 0 aromatic carbocycles. The Morgan fingerprint density at radius 1 is 1.30 bits per heavy atom. The SMILES string of the molecule is O=C[13C@@H](O)[C@H](O)[C@H](O)[13CH2]O. The summed E-state index contributed by atoms with van der Waals surface area (Å²) >= 11 is 0. The maximum absolute atomic E-state index is 9.76. The van der Waals surface area contributed by atoms with Crippen LogP contribution >= 0.6 is 0 Å². The van der Waals surface area contributed by atoms with Crippen molar-refractivity contribution in [1.82, 2.24) is 0 Å². The third-order valence-electron chi connectivity index (χ3n) is 1.07. The van der Waals surface area contributed by atoms with E-state index in [0.717, 1.165) is 0 Å². The maximum atomic E-state index is 9.76. The van der Waals surface area contributed by atoms with E-state index < -0.39 is 24.9 Å². The van der Waals surface area contributed by atoms with Gasteiger partial charge in [-0.2, -0.15) is 0 Å². The van der Waals surface area contributed by atoms with Crippen LogP contribution in [0.1, 0.15) is 0 Å². The fourth-order valence-corrected chi connectivity index (χ4v) is 0.416. The molecule has 0 aromatic heterocycles. The predicted molar refractivity (Wildman–Crippen MR) is 31.2 cm³/mol. The Bertz CT molecular complexity index is 104. The molecule has 0 saturated heterocycles. The molecule has 0 heterocycles. The first kappa shape index (κ1) is 9.51. The van der Waals surface area contributed by atoms with Gasteiger partial charge in [0.2, 0.25) is 0 Å². The lowest BCUT2D eigenvalue weighted by molar-refractivity contribution is -0.127. The van der Waals surface area contributed by atoms with Crippen molar-refractivity contribution in [3.63, 3.8) is 0 Å². The molecule has 0 fully saturated rings. The maximum Gasteiger partial charge on any atom is 0.151 e. The zero-order valence-electron chi connectivity index (χ0n) is 5.21. The Hall–Kier alpha value is -0.490. The third kappa shape index (κ3) is 2.40. The monoisotopic (exact) mass is 152 g/mol. The first-order valence-electron chi connectivity index (χ1n) is 2.73. The number of aldehydes is 1. The molecular formula is C5H10O5. The molecule has 0 amide bonds. The number of aliphatic hydroxyl groups is 4. The van der Waals surface area contributed by atoms with E-state index >= 15 is 0 Å². The number of carbonyl (C=O) groups excluding carboxylic acids is 1. The van der Waals surface area contributed by atoms with E-state index in [2.05, 4.69) is 0 Å². The van der Waals surface area contributed by atoms with Gasteiger partial charge in [-0.15, -0.1) is 0 Å². The van der Waals surface area contributed by atoms with Gasteiger partial charge >= 0.3 is 0 Å². The van der Waals surface area contributed by atoms with Crippen LogP contribution in [0.3, 0.4) is 0 Å². The molecule has 0 rings (SSSR count). The summed E-state index contributed by atoms with van der Waals surface area (Å²) in [6.45, 7) is -0.688. The summed E-state index contributed by atoms with van der Waals surface area (Å²) in [6, 6.07) is 0. The van der Waals surface area contributed by atoms with Crippen LogP contribution in [0.4, 0.5) is 0 Å². The molecule has 0 spiro atoms. The van der Waals surface area contributed by atoms with E-state index in [4.69, 9.17) is 20.4 Å².